The van der Waals surface area contributed by atoms with Gasteiger partial charge in [-0.3, -0.25) is 9.59 Å². The number of carbonyl (C=O) groups excluding carboxylic acids is 2. The van der Waals surface area contributed by atoms with Gasteiger partial charge in [-0.05, 0) is 59.7 Å². The van der Waals surface area contributed by atoms with Gasteiger partial charge in [0.25, 0.3) is 5.91 Å². The summed E-state index contributed by atoms with van der Waals surface area (Å²) in [6.07, 6.45) is 3.40. The number of ether oxygens (including phenoxy) is 1. The molecule has 4 N–H and O–H groups in total. The maximum Gasteiger partial charge on any atom is 0.250 e. The summed E-state index contributed by atoms with van der Waals surface area (Å²) in [4.78, 5) is 25.1. The van der Waals surface area contributed by atoms with E-state index in [0.29, 0.717) is 28.9 Å². The quantitative estimate of drug-likeness (QED) is 0.689. The molecule has 0 saturated carbocycles. The minimum absolute atomic E-state index is 0.0587. The summed E-state index contributed by atoms with van der Waals surface area (Å²) in [5.41, 5.74) is 14.8. The highest BCUT2D eigenvalue weighted by molar-refractivity contribution is 6.23. The van der Waals surface area contributed by atoms with Gasteiger partial charge in [-0.15, -0.1) is 0 Å². The number of hydrogen-bond acceptors (Lipinski definition) is 4. The van der Waals surface area contributed by atoms with Gasteiger partial charge in [0.1, 0.15) is 11.6 Å². The van der Waals surface area contributed by atoms with Crippen molar-refractivity contribution in [2.24, 2.45) is 17.4 Å². The van der Waals surface area contributed by atoms with Gasteiger partial charge in [-0.1, -0.05) is 38.1 Å². The van der Waals surface area contributed by atoms with Gasteiger partial charge in [-0.25, -0.2) is 4.39 Å². The predicted octanol–water partition coefficient (Wildman–Crippen LogP) is 3.96. The fraction of sp³-hybridized carbons (Fsp3) is 0.280. The molecular formula is C25H27FN2O3. The molecule has 1 heterocycles. The molecule has 1 aliphatic rings. The average molecular weight is 423 g/mol. The summed E-state index contributed by atoms with van der Waals surface area (Å²) in [5.74, 6) is -0.730. The number of amides is 1. The maximum absolute atomic E-state index is 13.6. The van der Waals surface area contributed by atoms with E-state index in [9.17, 15) is 14.0 Å². The molecule has 3 rings (SSSR count). The first kappa shape index (κ1) is 22.3. The van der Waals surface area contributed by atoms with E-state index < -0.39 is 11.8 Å². The van der Waals surface area contributed by atoms with Gasteiger partial charge in [0, 0.05) is 11.8 Å². The highest BCUT2D eigenvalue weighted by Crippen LogP contribution is 2.34. The fourth-order valence-corrected chi connectivity index (χ4v) is 3.96. The van der Waals surface area contributed by atoms with Crippen molar-refractivity contribution in [2.45, 2.75) is 33.1 Å². The van der Waals surface area contributed by atoms with Gasteiger partial charge >= 0.3 is 0 Å². The molecule has 0 aromatic heterocycles. The number of hydrogen-bond donors (Lipinski definition) is 2. The maximum atomic E-state index is 13.6. The number of nitrogens with two attached hydrogens (primary N) is 2. The topological polar surface area (TPSA) is 95.4 Å². The Kier molecular flexibility index (Phi) is 6.59. The summed E-state index contributed by atoms with van der Waals surface area (Å²) in [5, 5.41) is 0. The Morgan fingerprint density at radius 3 is 2.52 bits per heavy atom. The number of halogens is 1. The number of carbonyl (C=O) groups is 2. The summed E-state index contributed by atoms with van der Waals surface area (Å²) in [6, 6.07) is 9.78. The number of ketones is 1. The minimum atomic E-state index is -0.613. The second-order valence-electron chi connectivity index (χ2n) is 7.93. The molecule has 2 aromatic carbocycles. The van der Waals surface area contributed by atoms with Crippen molar-refractivity contribution < 1.29 is 18.7 Å². The van der Waals surface area contributed by atoms with Crippen molar-refractivity contribution in [3.05, 3.63) is 76.7 Å². The van der Waals surface area contributed by atoms with Crippen LogP contribution in [0.3, 0.4) is 0 Å². The Hall–Kier alpha value is -3.41. The normalized spacial score (nSPS) is 16.6. The van der Waals surface area contributed by atoms with E-state index in [-0.39, 0.29) is 29.7 Å². The first-order valence-electron chi connectivity index (χ1n) is 10.2. The third-order valence-electron chi connectivity index (χ3n) is 5.56. The number of benzene rings is 2. The molecule has 0 bridgehead atoms. The van der Waals surface area contributed by atoms with Crippen LogP contribution in [0.4, 0.5) is 4.39 Å². The van der Waals surface area contributed by atoms with Crippen molar-refractivity contribution in [2.75, 3.05) is 6.61 Å². The Labute approximate surface area is 181 Å². The molecule has 0 radical (unpaired) electrons. The SMILES string of the molecule is C/C=C(/C(=O)C1COc2ccc(F)cc2C1)c1ccc(/C(=C/N)C(N)=O)cc1C(C)C. The molecule has 1 atom stereocenters. The van der Waals surface area contributed by atoms with Gasteiger partial charge in [0.2, 0.25) is 0 Å². The van der Waals surface area contributed by atoms with Crippen LogP contribution in [0.2, 0.25) is 0 Å². The molecule has 1 unspecified atom stereocenters. The van der Waals surface area contributed by atoms with Crippen LogP contribution in [0, 0.1) is 11.7 Å². The van der Waals surface area contributed by atoms with E-state index in [1.807, 2.05) is 32.9 Å². The second kappa shape index (κ2) is 9.16. The predicted molar refractivity (Wildman–Crippen MR) is 120 cm³/mol. The third kappa shape index (κ3) is 4.53. The summed E-state index contributed by atoms with van der Waals surface area (Å²) in [7, 11) is 0. The van der Waals surface area contributed by atoms with Crippen molar-refractivity contribution in [3.63, 3.8) is 0 Å². The Morgan fingerprint density at radius 1 is 1.16 bits per heavy atom. The molecule has 6 heteroatoms. The van der Waals surface area contributed by atoms with Gasteiger partial charge in [0.05, 0.1) is 18.1 Å². The Morgan fingerprint density at radius 2 is 1.90 bits per heavy atom. The van der Waals surface area contributed by atoms with E-state index in [1.54, 1.807) is 18.2 Å². The first-order valence-corrected chi connectivity index (χ1v) is 10.2. The van der Waals surface area contributed by atoms with Crippen LogP contribution in [-0.2, 0) is 16.0 Å². The van der Waals surface area contributed by atoms with Crippen LogP contribution in [0.1, 0.15) is 48.9 Å². The van der Waals surface area contributed by atoms with Crippen LogP contribution >= 0.6 is 0 Å². The molecule has 0 spiro atoms. The fourth-order valence-electron chi connectivity index (χ4n) is 3.96. The molecule has 1 amide bonds. The molecule has 0 aliphatic carbocycles. The smallest absolute Gasteiger partial charge is 0.250 e. The highest BCUT2D eigenvalue weighted by Gasteiger charge is 2.30. The number of allylic oxidation sites excluding steroid dienone is 2. The number of Topliss-reactive ketones (excluding diaryl/α,β-unsaturated/α-hetero) is 1. The van der Waals surface area contributed by atoms with Crippen molar-refractivity contribution in [1.29, 1.82) is 0 Å². The first-order chi connectivity index (χ1) is 14.8. The lowest BCUT2D eigenvalue weighted by Crippen LogP contribution is -2.29. The molecule has 0 saturated heterocycles. The van der Waals surface area contributed by atoms with Crippen molar-refractivity contribution >= 4 is 22.8 Å². The zero-order valence-corrected chi connectivity index (χ0v) is 17.9. The lowest BCUT2D eigenvalue weighted by molar-refractivity contribution is -0.118. The molecule has 5 nitrogen and oxygen atoms in total. The van der Waals surface area contributed by atoms with Crippen molar-refractivity contribution in [3.8, 4) is 5.75 Å². The molecular weight excluding hydrogens is 395 g/mol. The van der Waals surface area contributed by atoms with Gasteiger partial charge in [-0.2, -0.15) is 0 Å². The van der Waals surface area contributed by atoms with Gasteiger partial charge < -0.3 is 16.2 Å². The molecule has 0 fully saturated rings. The van der Waals surface area contributed by atoms with Crippen LogP contribution in [-0.4, -0.2) is 18.3 Å². The van der Waals surface area contributed by atoms with Crippen LogP contribution in [0.25, 0.3) is 11.1 Å². The second-order valence-corrected chi connectivity index (χ2v) is 7.93. The third-order valence-corrected chi connectivity index (χ3v) is 5.56. The number of primary amides is 1. The van der Waals surface area contributed by atoms with E-state index in [1.165, 1.54) is 18.3 Å². The highest BCUT2D eigenvalue weighted by atomic mass is 19.1. The summed E-state index contributed by atoms with van der Waals surface area (Å²) >= 11 is 0. The number of fused-ring (bicyclic) bond motifs is 1. The lowest BCUT2D eigenvalue weighted by Gasteiger charge is -2.26. The molecule has 162 valence electrons. The zero-order chi connectivity index (χ0) is 22.7. The zero-order valence-electron chi connectivity index (χ0n) is 17.9. The Bertz CT molecular complexity index is 1090. The lowest BCUT2D eigenvalue weighted by atomic mass is 9.83. The van der Waals surface area contributed by atoms with E-state index in [2.05, 4.69) is 0 Å². The van der Waals surface area contributed by atoms with E-state index >= 15 is 0 Å². The van der Waals surface area contributed by atoms with Crippen LogP contribution in [0.15, 0.2) is 48.7 Å². The van der Waals surface area contributed by atoms with Crippen LogP contribution in [0.5, 0.6) is 5.75 Å². The molecule has 1 aliphatic heterocycles. The molecule has 2 aromatic rings. The summed E-state index contributed by atoms with van der Waals surface area (Å²) < 4.78 is 19.4. The largest absolute Gasteiger partial charge is 0.493 e. The number of rotatable bonds is 6. The van der Waals surface area contributed by atoms with E-state index in [0.717, 1.165) is 11.1 Å². The standard InChI is InChI=1S/C25H27FN2O3/c1-4-19(24(29)17-9-16-10-18(26)6-8-23(16)31-13-17)20-7-5-15(11-21(20)14(2)3)22(12-27)25(28)30/h4-8,10-12,14,17H,9,13,27H2,1-3H3,(H2,28,30)/b19-4+,22-12-. The summed E-state index contributed by atoms with van der Waals surface area (Å²) in [6.45, 7) is 6.08. The molecule has 31 heavy (non-hydrogen) atoms. The average Bonchev–Trinajstić information content (AvgIpc) is 2.74. The van der Waals surface area contributed by atoms with Crippen molar-refractivity contribution in [1.82, 2.24) is 0 Å². The van der Waals surface area contributed by atoms with E-state index in [4.69, 9.17) is 16.2 Å². The minimum Gasteiger partial charge on any atom is -0.493 e. The Balaban J connectivity index is 1.97. The van der Waals surface area contributed by atoms with Gasteiger partial charge in [0.15, 0.2) is 5.78 Å². The van der Waals surface area contributed by atoms with Crippen LogP contribution < -0.4 is 16.2 Å². The monoisotopic (exact) mass is 422 g/mol.